The van der Waals surface area contributed by atoms with Crippen molar-refractivity contribution < 1.29 is 14.9 Å². The first-order valence-corrected chi connectivity index (χ1v) is 9.38. The molecule has 1 aromatic rings. The zero-order valence-electron chi connectivity index (χ0n) is 15.3. The standard InChI is InChI=1S/C21H32O3/c1-4-5-6-8-16-12-19(23)21(20(13-16)24-15(2)3)18-10-7-9-17(11-18)14-22/h11-13,15,18,22-23H,4-10,14H2,1-3H3. The number of aryl methyl sites for hydroxylation is 1. The smallest absolute Gasteiger partial charge is 0.127 e. The lowest BCUT2D eigenvalue weighted by Crippen LogP contribution is -2.12. The maximum absolute atomic E-state index is 10.7. The van der Waals surface area contributed by atoms with Gasteiger partial charge in [-0.2, -0.15) is 0 Å². The van der Waals surface area contributed by atoms with E-state index in [9.17, 15) is 10.2 Å². The predicted octanol–water partition coefficient (Wildman–Crippen LogP) is 5.10. The monoisotopic (exact) mass is 332 g/mol. The van der Waals surface area contributed by atoms with E-state index < -0.39 is 0 Å². The second-order valence-electron chi connectivity index (χ2n) is 7.13. The molecular weight excluding hydrogens is 300 g/mol. The van der Waals surface area contributed by atoms with Crippen LogP contribution in [0, 0.1) is 0 Å². The summed E-state index contributed by atoms with van der Waals surface area (Å²) in [6.45, 7) is 6.33. The summed E-state index contributed by atoms with van der Waals surface area (Å²) < 4.78 is 6.04. The van der Waals surface area contributed by atoms with Crippen molar-refractivity contribution in [2.24, 2.45) is 0 Å². The molecule has 134 valence electrons. The van der Waals surface area contributed by atoms with Gasteiger partial charge >= 0.3 is 0 Å². The molecule has 1 unspecified atom stereocenters. The number of phenols is 1. The van der Waals surface area contributed by atoms with E-state index in [2.05, 4.69) is 19.1 Å². The quantitative estimate of drug-likeness (QED) is 0.514. The lowest BCUT2D eigenvalue weighted by Gasteiger charge is -2.25. The van der Waals surface area contributed by atoms with Crippen molar-refractivity contribution in [1.82, 2.24) is 0 Å². The van der Waals surface area contributed by atoms with Crippen LogP contribution in [0.2, 0.25) is 0 Å². The number of hydrogen-bond acceptors (Lipinski definition) is 3. The van der Waals surface area contributed by atoms with Crippen molar-refractivity contribution in [1.29, 1.82) is 0 Å². The Balaban J connectivity index is 2.34. The summed E-state index contributed by atoms with van der Waals surface area (Å²) in [6.07, 6.45) is 9.65. The van der Waals surface area contributed by atoms with Gasteiger partial charge in [-0.3, -0.25) is 0 Å². The highest BCUT2D eigenvalue weighted by Gasteiger charge is 2.23. The minimum atomic E-state index is 0.0684. The predicted molar refractivity (Wildman–Crippen MR) is 98.9 cm³/mol. The molecule has 1 aromatic carbocycles. The lowest BCUT2D eigenvalue weighted by atomic mass is 9.84. The molecule has 0 aliphatic heterocycles. The number of aromatic hydroxyl groups is 1. The summed E-state index contributed by atoms with van der Waals surface area (Å²) in [6, 6.07) is 4.00. The zero-order chi connectivity index (χ0) is 17.5. The number of hydrogen-bond donors (Lipinski definition) is 2. The summed E-state index contributed by atoms with van der Waals surface area (Å²) in [5.41, 5.74) is 3.09. The lowest BCUT2D eigenvalue weighted by molar-refractivity contribution is 0.237. The van der Waals surface area contributed by atoms with Crippen LogP contribution < -0.4 is 4.74 Å². The number of allylic oxidation sites excluding steroid dienone is 1. The molecule has 0 spiro atoms. The van der Waals surface area contributed by atoms with Gasteiger partial charge in [0.15, 0.2) is 0 Å². The third-order valence-electron chi connectivity index (χ3n) is 4.64. The Morgan fingerprint density at radius 2 is 2.04 bits per heavy atom. The van der Waals surface area contributed by atoms with E-state index in [4.69, 9.17) is 4.74 Å². The molecule has 0 saturated heterocycles. The maximum atomic E-state index is 10.7. The number of aliphatic hydroxyl groups excluding tert-OH is 1. The minimum Gasteiger partial charge on any atom is -0.507 e. The van der Waals surface area contributed by atoms with E-state index in [1.165, 1.54) is 12.8 Å². The van der Waals surface area contributed by atoms with Gasteiger partial charge in [-0.05, 0) is 69.2 Å². The van der Waals surface area contributed by atoms with Crippen LogP contribution in [0.1, 0.15) is 76.3 Å². The van der Waals surface area contributed by atoms with Crippen LogP contribution in [0.25, 0.3) is 0 Å². The Labute approximate surface area is 146 Å². The van der Waals surface area contributed by atoms with E-state index in [-0.39, 0.29) is 18.6 Å². The van der Waals surface area contributed by atoms with Crippen LogP contribution >= 0.6 is 0 Å². The number of unbranched alkanes of at least 4 members (excludes halogenated alkanes) is 2. The first kappa shape index (κ1) is 18.9. The number of ether oxygens (including phenoxy) is 1. The van der Waals surface area contributed by atoms with Gasteiger partial charge in [0.2, 0.25) is 0 Å². The molecule has 0 aromatic heterocycles. The number of aliphatic hydroxyl groups is 1. The summed E-state index contributed by atoms with van der Waals surface area (Å²) in [7, 11) is 0. The Hall–Kier alpha value is -1.48. The van der Waals surface area contributed by atoms with Crippen molar-refractivity contribution in [3.8, 4) is 11.5 Å². The van der Waals surface area contributed by atoms with Crippen molar-refractivity contribution in [2.45, 2.75) is 77.7 Å². The van der Waals surface area contributed by atoms with Crippen LogP contribution in [0.15, 0.2) is 23.8 Å². The van der Waals surface area contributed by atoms with Gasteiger partial charge < -0.3 is 14.9 Å². The molecule has 0 radical (unpaired) electrons. The summed E-state index contributed by atoms with van der Waals surface area (Å²) in [4.78, 5) is 0. The second-order valence-corrected chi connectivity index (χ2v) is 7.13. The average molecular weight is 332 g/mol. The van der Waals surface area contributed by atoms with Crippen LogP contribution in [0.3, 0.4) is 0 Å². The van der Waals surface area contributed by atoms with E-state index in [1.54, 1.807) is 0 Å². The molecule has 3 heteroatoms. The first-order chi connectivity index (χ1) is 11.5. The van der Waals surface area contributed by atoms with E-state index in [0.29, 0.717) is 5.75 Å². The molecule has 1 atom stereocenters. The van der Waals surface area contributed by atoms with Gasteiger partial charge in [0.1, 0.15) is 11.5 Å². The van der Waals surface area contributed by atoms with Crippen LogP contribution in [-0.2, 0) is 6.42 Å². The molecular formula is C21H32O3. The Bertz CT molecular complexity index is 560. The molecule has 24 heavy (non-hydrogen) atoms. The van der Waals surface area contributed by atoms with E-state index >= 15 is 0 Å². The van der Waals surface area contributed by atoms with Gasteiger partial charge in [-0.25, -0.2) is 0 Å². The molecule has 2 rings (SSSR count). The third-order valence-corrected chi connectivity index (χ3v) is 4.64. The molecule has 3 nitrogen and oxygen atoms in total. The Kier molecular flexibility index (Phi) is 7.16. The number of rotatable bonds is 8. The summed E-state index contributed by atoms with van der Waals surface area (Å²) in [5, 5.41) is 20.1. The van der Waals surface area contributed by atoms with Crippen LogP contribution in [0.4, 0.5) is 0 Å². The fourth-order valence-corrected chi connectivity index (χ4v) is 3.47. The van der Waals surface area contributed by atoms with Crippen LogP contribution in [0.5, 0.6) is 11.5 Å². The second kappa shape index (κ2) is 9.12. The first-order valence-electron chi connectivity index (χ1n) is 9.38. The zero-order valence-corrected chi connectivity index (χ0v) is 15.3. The largest absolute Gasteiger partial charge is 0.507 e. The molecule has 0 heterocycles. The van der Waals surface area contributed by atoms with Crippen molar-refractivity contribution >= 4 is 0 Å². The molecule has 1 aliphatic carbocycles. The Morgan fingerprint density at radius 3 is 2.71 bits per heavy atom. The molecule has 0 saturated carbocycles. The minimum absolute atomic E-state index is 0.0684. The SMILES string of the molecule is CCCCCc1cc(O)c(C2C=C(CO)CCC2)c(OC(C)C)c1. The molecule has 0 fully saturated rings. The number of benzene rings is 1. The van der Waals surface area contributed by atoms with Crippen LogP contribution in [-0.4, -0.2) is 22.9 Å². The molecule has 0 bridgehead atoms. The normalized spacial score (nSPS) is 17.9. The molecule has 2 N–H and O–H groups in total. The highest BCUT2D eigenvalue weighted by atomic mass is 16.5. The highest BCUT2D eigenvalue weighted by molar-refractivity contribution is 5.51. The van der Waals surface area contributed by atoms with Crippen molar-refractivity contribution in [3.63, 3.8) is 0 Å². The molecule has 0 amide bonds. The summed E-state index contributed by atoms with van der Waals surface area (Å²) >= 11 is 0. The van der Waals surface area contributed by atoms with Gasteiger partial charge in [-0.1, -0.05) is 25.8 Å². The fourth-order valence-electron chi connectivity index (χ4n) is 3.47. The summed E-state index contributed by atoms with van der Waals surface area (Å²) in [5.74, 6) is 1.26. The van der Waals surface area contributed by atoms with Gasteiger partial charge in [0, 0.05) is 11.5 Å². The third kappa shape index (κ3) is 5.01. The topological polar surface area (TPSA) is 49.7 Å². The van der Waals surface area contributed by atoms with Gasteiger partial charge in [-0.15, -0.1) is 0 Å². The molecule has 1 aliphatic rings. The fraction of sp³-hybridized carbons (Fsp3) is 0.619. The Morgan fingerprint density at radius 1 is 1.25 bits per heavy atom. The van der Waals surface area contributed by atoms with E-state index in [1.807, 2.05) is 19.9 Å². The van der Waals surface area contributed by atoms with E-state index in [0.717, 1.165) is 54.6 Å². The number of phenolic OH excluding ortho intramolecular Hbond substituents is 1. The van der Waals surface area contributed by atoms with Crippen molar-refractivity contribution in [2.75, 3.05) is 6.61 Å². The highest BCUT2D eigenvalue weighted by Crippen LogP contribution is 2.42. The maximum Gasteiger partial charge on any atom is 0.127 e. The van der Waals surface area contributed by atoms with Gasteiger partial charge in [0.05, 0.1) is 12.7 Å². The van der Waals surface area contributed by atoms with Crippen molar-refractivity contribution in [3.05, 3.63) is 34.9 Å². The average Bonchev–Trinajstić information content (AvgIpc) is 2.54. The van der Waals surface area contributed by atoms with Gasteiger partial charge in [0.25, 0.3) is 0 Å².